The highest BCUT2D eigenvalue weighted by atomic mass is 79.9. The normalized spacial score (nSPS) is 10.2. The van der Waals surface area contributed by atoms with E-state index in [0.29, 0.717) is 11.4 Å². The Morgan fingerprint density at radius 2 is 1.94 bits per heavy atom. The molecule has 0 atom stereocenters. The van der Waals surface area contributed by atoms with E-state index in [1.54, 1.807) is 24.4 Å². The number of Topliss-reactive ketones (excluding diaryl/α,β-unsaturated/α-hetero) is 1. The van der Waals surface area contributed by atoms with Gasteiger partial charge < -0.3 is 5.73 Å². The van der Waals surface area contributed by atoms with Crippen molar-refractivity contribution >= 4 is 27.5 Å². The minimum absolute atomic E-state index is 0.0391. The predicted octanol–water partition coefficient (Wildman–Crippen LogP) is 2.85. The zero-order chi connectivity index (χ0) is 12.3. The Morgan fingerprint density at radius 1 is 1.24 bits per heavy atom. The molecule has 0 aliphatic carbocycles. The molecule has 2 rings (SSSR count). The maximum absolute atomic E-state index is 12.0. The molecule has 0 saturated heterocycles. The first-order valence-electron chi connectivity index (χ1n) is 5.15. The molecule has 1 heterocycles. The maximum Gasteiger partial charge on any atom is 0.167 e. The third-order valence-corrected chi connectivity index (χ3v) is 2.97. The molecule has 0 saturated carbocycles. The largest absolute Gasteiger partial charge is 0.383 e. The summed E-state index contributed by atoms with van der Waals surface area (Å²) >= 11 is 3.33. The molecule has 0 unspecified atom stereocenters. The molecule has 1 aromatic heterocycles. The number of rotatable bonds is 3. The first-order valence-corrected chi connectivity index (χ1v) is 5.94. The Hall–Kier alpha value is -1.68. The van der Waals surface area contributed by atoms with Crippen LogP contribution < -0.4 is 5.73 Å². The molecule has 0 amide bonds. The number of nitrogens with two attached hydrogens (primary N) is 1. The SMILES string of the molecule is Nc1ncccc1CC(=O)c1ccc(Br)cc1. The highest BCUT2D eigenvalue weighted by Crippen LogP contribution is 2.14. The predicted molar refractivity (Wildman–Crippen MR) is 70.8 cm³/mol. The van der Waals surface area contributed by atoms with Gasteiger partial charge in [-0.3, -0.25) is 4.79 Å². The summed E-state index contributed by atoms with van der Waals surface area (Å²) in [6, 6.07) is 10.9. The van der Waals surface area contributed by atoms with Gasteiger partial charge in [-0.2, -0.15) is 0 Å². The number of hydrogen-bond acceptors (Lipinski definition) is 3. The summed E-state index contributed by atoms with van der Waals surface area (Å²) in [7, 11) is 0. The van der Waals surface area contributed by atoms with Gasteiger partial charge >= 0.3 is 0 Å². The lowest BCUT2D eigenvalue weighted by molar-refractivity contribution is 0.0993. The van der Waals surface area contributed by atoms with Gasteiger partial charge in [0.05, 0.1) is 0 Å². The molecule has 0 fully saturated rings. The molecular formula is C13H11BrN2O. The van der Waals surface area contributed by atoms with Crippen molar-refractivity contribution < 1.29 is 4.79 Å². The molecule has 2 aromatic rings. The summed E-state index contributed by atoms with van der Waals surface area (Å²) in [6.07, 6.45) is 1.89. The van der Waals surface area contributed by atoms with Gasteiger partial charge in [0.2, 0.25) is 0 Å². The number of nitrogen functional groups attached to an aromatic ring is 1. The number of pyridine rings is 1. The van der Waals surface area contributed by atoms with Gasteiger partial charge in [-0.15, -0.1) is 0 Å². The second-order valence-corrected chi connectivity index (χ2v) is 4.57. The van der Waals surface area contributed by atoms with Crippen LogP contribution in [0.15, 0.2) is 47.1 Å². The Kier molecular flexibility index (Phi) is 3.54. The average Bonchev–Trinajstić information content (AvgIpc) is 2.33. The second-order valence-electron chi connectivity index (χ2n) is 3.65. The van der Waals surface area contributed by atoms with Gasteiger partial charge in [0.25, 0.3) is 0 Å². The number of carbonyl (C=O) groups excluding carboxylic acids is 1. The lowest BCUT2D eigenvalue weighted by Gasteiger charge is -2.04. The van der Waals surface area contributed by atoms with E-state index in [2.05, 4.69) is 20.9 Å². The Morgan fingerprint density at radius 3 is 2.59 bits per heavy atom. The number of nitrogens with zero attached hydrogens (tertiary/aromatic N) is 1. The van der Waals surface area contributed by atoms with E-state index in [9.17, 15) is 4.79 Å². The van der Waals surface area contributed by atoms with Crippen LogP contribution in [0.3, 0.4) is 0 Å². The van der Waals surface area contributed by atoms with Crippen LogP contribution in [0.1, 0.15) is 15.9 Å². The molecule has 2 N–H and O–H groups in total. The molecule has 0 radical (unpaired) electrons. The molecule has 4 heteroatoms. The van der Waals surface area contributed by atoms with Crippen LogP contribution in [-0.2, 0) is 6.42 Å². The summed E-state index contributed by atoms with van der Waals surface area (Å²) in [5.74, 6) is 0.454. The van der Waals surface area contributed by atoms with Crippen LogP contribution >= 0.6 is 15.9 Å². The first-order chi connectivity index (χ1) is 8.16. The first kappa shape index (κ1) is 11.8. The van der Waals surface area contributed by atoms with Crippen molar-refractivity contribution in [3.63, 3.8) is 0 Å². The number of hydrogen-bond donors (Lipinski definition) is 1. The smallest absolute Gasteiger partial charge is 0.167 e. The third kappa shape index (κ3) is 2.91. The quantitative estimate of drug-likeness (QED) is 0.885. The number of anilines is 1. The van der Waals surface area contributed by atoms with Crippen LogP contribution in [0, 0.1) is 0 Å². The van der Waals surface area contributed by atoms with Crippen molar-refractivity contribution in [2.75, 3.05) is 5.73 Å². The van der Waals surface area contributed by atoms with E-state index >= 15 is 0 Å². The molecule has 3 nitrogen and oxygen atoms in total. The van der Waals surface area contributed by atoms with E-state index < -0.39 is 0 Å². The number of benzene rings is 1. The van der Waals surface area contributed by atoms with Crippen molar-refractivity contribution in [2.24, 2.45) is 0 Å². The van der Waals surface area contributed by atoms with Gasteiger partial charge in [-0.25, -0.2) is 4.98 Å². The van der Waals surface area contributed by atoms with Crippen molar-refractivity contribution in [1.29, 1.82) is 0 Å². The van der Waals surface area contributed by atoms with Crippen LogP contribution in [0.2, 0.25) is 0 Å². The highest BCUT2D eigenvalue weighted by molar-refractivity contribution is 9.10. The number of halogens is 1. The lowest BCUT2D eigenvalue weighted by Crippen LogP contribution is -2.06. The molecule has 17 heavy (non-hydrogen) atoms. The number of carbonyl (C=O) groups is 1. The fourth-order valence-corrected chi connectivity index (χ4v) is 1.78. The van der Waals surface area contributed by atoms with Crippen LogP contribution in [-0.4, -0.2) is 10.8 Å². The molecule has 0 aliphatic heterocycles. The van der Waals surface area contributed by atoms with Gasteiger partial charge in [0.15, 0.2) is 5.78 Å². The van der Waals surface area contributed by atoms with E-state index in [-0.39, 0.29) is 12.2 Å². The minimum atomic E-state index is 0.0391. The minimum Gasteiger partial charge on any atom is -0.383 e. The van der Waals surface area contributed by atoms with Crippen molar-refractivity contribution in [2.45, 2.75) is 6.42 Å². The summed E-state index contributed by atoms with van der Waals surface area (Å²) < 4.78 is 0.954. The number of ketones is 1. The van der Waals surface area contributed by atoms with Gasteiger partial charge in [-0.05, 0) is 18.2 Å². The topological polar surface area (TPSA) is 56.0 Å². The summed E-state index contributed by atoms with van der Waals surface area (Å²) in [4.78, 5) is 15.9. The Labute approximate surface area is 108 Å². The molecular weight excluding hydrogens is 280 g/mol. The van der Waals surface area contributed by atoms with Crippen molar-refractivity contribution in [3.05, 3.63) is 58.2 Å². The van der Waals surface area contributed by atoms with Gasteiger partial charge in [0, 0.05) is 28.2 Å². The molecule has 0 aliphatic rings. The van der Waals surface area contributed by atoms with E-state index in [0.717, 1.165) is 10.0 Å². The summed E-state index contributed by atoms with van der Waals surface area (Å²) in [5.41, 5.74) is 7.14. The fourth-order valence-electron chi connectivity index (χ4n) is 1.51. The van der Waals surface area contributed by atoms with Gasteiger partial charge in [-0.1, -0.05) is 34.1 Å². The van der Waals surface area contributed by atoms with E-state index in [1.165, 1.54) is 0 Å². The van der Waals surface area contributed by atoms with Crippen LogP contribution in [0.4, 0.5) is 5.82 Å². The third-order valence-electron chi connectivity index (χ3n) is 2.44. The summed E-state index contributed by atoms with van der Waals surface area (Å²) in [6.45, 7) is 0. The van der Waals surface area contributed by atoms with Crippen LogP contribution in [0.5, 0.6) is 0 Å². The Bertz CT molecular complexity index is 537. The zero-order valence-corrected chi connectivity index (χ0v) is 10.6. The summed E-state index contributed by atoms with van der Waals surface area (Å²) in [5, 5.41) is 0. The molecule has 1 aromatic carbocycles. The molecule has 86 valence electrons. The van der Waals surface area contributed by atoms with E-state index in [1.807, 2.05) is 18.2 Å². The highest BCUT2D eigenvalue weighted by Gasteiger charge is 2.09. The standard InChI is InChI=1S/C13H11BrN2O/c14-11-5-3-9(4-6-11)12(17)8-10-2-1-7-16-13(10)15/h1-7H,8H2,(H2,15,16). The molecule has 0 spiro atoms. The van der Waals surface area contributed by atoms with Crippen LogP contribution in [0.25, 0.3) is 0 Å². The monoisotopic (exact) mass is 290 g/mol. The Balaban J connectivity index is 2.17. The van der Waals surface area contributed by atoms with Crippen molar-refractivity contribution in [3.8, 4) is 0 Å². The van der Waals surface area contributed by atoms with Crippen molar-refractivity contribution in [1.82, 2.24) is 4.98 Å². The average molecular weight is 291 g/mol. The molecule has 0 bridgehead atoms. The fraction of sp³-hybridized carbons (Fsp3) is 0.0769. The van der Waals surface area contributed by atoms with E-state index in [4.69, 9.17) is 5.73 Å². The maximum atomic E-state index is 12.0. The van der Waals surface area contributed by atoms with Gasteiger partial charge in [0.1, 0.15) is 5.82 Å². The number of aromatic nitrogens is 1. The second kappa shape index (κ2) is 5.10. The zero-order valence-electron chi connectivity index (χ0n) is 9.06. The lowest BCUT2D eigenvalue weighted by atomic mass is 10.0.